The molecule has 134 valence electrons. The number of benzene rings is 2. The van der Waals surface area contributed by atoms with Crippen molar-refractivity contribution < 1.29 is 9.18 Å². The highest BCUT2D eigenvalue weighted by molar-refractivity contribution is 5.93. The first-order valence-electron chi connectivity index (χ1n) is 8.93. The van der Waals surface area contributed by atoms with E-state index in [-0.39, 0.29) is 17.8 Å². The molecule has 0 spiro atoms. The fourth-order valence-electron chi connectivity index (χ4n) is 3.41. The van der Waals surface area contributed by atoms with E-state index in [1.807, 2.05) is 24.3 Å². The van der Waals surface area contributed by atoms with Crippen LogP contribution in [0.25, 0.3) is 11.0 Å². The maximum Gasteiger partial charge on any atom is 0.225 e. The number of anilines is 1. The summed E-state index contributed by atoms with van der Waals surface area (Å²) in [6.45, 7) is 0.989. The van der Waals surface area contributed by atoms with Crippen molar-refractivity contribution in [2.75, 3.05) is 11.9 Å². The van der Waals surface area contributed by atoms with Crippen molar-refractivity contribution in [3.05, 3.63) is 59.7 Å². The number of nitrogens with one attached hydrogen (secondary N) is 3. The topological polar surface area (TPSA) is 69.8 Å². The van der Waals surface area contributed by atoms with Gasteiger partial charge < -0.3 is 15.6 Å². The molecule has 1 amide bonds. The molecule has 1 unspecified atom stereocenters. The van der Waals surface area contributed by atoms with Gasteiger partial charge in [0.1, 0.15) is 11.6 Å². The zero-order valence-corrected chi connectivity index (χ0v) is 14.4. The van der Waals surface area contributed by atoms with Gasteiger partial charge in [0.05, 0.1) is 11.0 Å². The number of aromatic amines is 1. The largest absolute Gasteiger partial charge is 0.342 e. The highest BCUT2D eigenvalue weighted by Gasteiger charge is 2.17. The van der Waals surface area contributed by atoms with Crippen LogP contribution in [-0.2, 0) is 11.2 Å². The van der Waals surface area contributed by atoms with Gasteiger partial charge in [-0.3, -0.25) is 4.79 Å². The molecule has 26 heavy (non-hydrogen) atoms. The Hall–Kier alpha value is -2.73. The zero-order valence-electron chi connectivity index (χ0n) is 14.4. The predicted molar refractivity (Wildman–Crippen MR) is 99.6 cm³/mol. The molecule has 6 heteroatoms. The highest BCUT2D eigenvalue weighted by atomic mass is 19.1. The fraction of sp³-hybridized carbons (Fsp3) is 0.300. The van der Waals surface area contributed by atoms with E-state index in [4.69, 9.17) is 0 Å². The number of halogens is 1. The molecule has 2 heterocycles. The first-order valence-corrected chi connectivity index (χ1v) is 8.93. The molecule has 1 atom stereocenters. The second-order valence-corrected chi connectivity index (χ2v) is 6.73. The molecule has 1 aromatic heterocycles. The Morgan fingerprint density at radius 3 is 2.96 bits per heavy atom. The molecule has 0 radical (unpaired) electrons. The van der Waals surface area contributed by atoms with Crippen LogP contribution in [0.3, 0.4) is 0 Å². The maximum atomic E-state index is 13.8. The van der Waals surface area contributed by atoms with Gasteiger partial charge >= 0.3 is 0 Å². The van der Waals surface area contributed by atoms with Crippen molar-refractivity contribution >= 4 is 22.6 Å². The van der Waals surface area contributed by atoms with Gasteiger partial charge in [-0.15, -0.1) is 0 Å². The van der Waals surface area contributed by atoms with Gasteiger partial charge in [0.15, 0.2) is 0 Å². The third-order valence-electron chi connectivity index (χ3n) is 4.72. The van der Waals surface area contributed by atoms with E-state index in [1.165, 1.54) is 6.07 Å². The number of H-pyrrole nitrogens is 1. The summed E-state index contributed by atoms with van der Waals surface area (Å²) < 4.78 is 13.8. The number of carbonyl (C=O) groups excluding carboxylic acids is 1. The molecule has 5 nitrogen and oxygen atoms in total. The summed E-state index contributed by atoms with van der Waals surface area (Å²) in [6.07, 6.45) is 3.06. The fourth-order valence-corrected chi connectivity index (χ4v) is 3.41. The summed E-state index contributed by atoms with van der Waals surface area (Å²) >= 11 is 0. The van der Waals surface area contributed by atoms with E-state index in [0.717, 1.165) is 36.1 Å². The first kappa shape index (κ1) is 16.7. The van der Waals surface area contributed by atoms with Gasteiger partial charge in [0.2, 0.25) is 5.91 Å². The minimum Gasteiger partial charge on any atom is -0.342 e. The maximum absolute atomic E-state index is 13.8. The number of aromatic nitrogens is 2. The molecule has 0 bridgehead atoms. The molecule has 1 aliphatic heterocycles. The third-order valence-corrected chi connectivity index (χ3v) is 4.72. The molecule has 1 fully saturated rings. The summed E-state index contributed by atoms with van der Waals surface area (Å²) in [4.78, 5) is 19.9. The number of rotatable bonds is 5. The van der Waals surface area contributed by atoms with Crippen LogP contribution in [0.4, 0.5) is 10.1 Å². The lowest BCUT2D eigenvalue weighted by Crippen LogP contribution is -2.27. The van der Waals surface area contributed by atoms with E-state index in [9.17, 15) is 9.18 Å². The van der Waals surface area contributed by atoms with Crippen LogP contribution in [0.1, 0.15) is 30.7 Å². The lowest BCUT2D eigenvalue weighted by molar-refractivity contribution is -0.116. The average Bonchev–Trinajstić information content (AvgIpc) is 3.25. The molecule has 1 aliphatic rings. The summed E-state index contributed by atoms with van der Waals surface area (Å²) in [7, 11) is 0. The third kappa shape index (κ3) is 3.75. The van der Waals surface area contributed by atoms with Crippen LogP contribution < -0.4 is 10.6 Å². The van der Waals surface area contributed by atoms with Crippen LogP contribution in [0.15, 0.2) is 42.5 Å². The highest BCUT2D eigenvalue weighted by Crippen LogP contribution is 2.20. The number of imidazole rings is 1. The minimum absolute atomic E-state index is 0.00912. The van der Waals surface area contributed by atoms with E-state index in [1.54, 1.807) is 12.1 Å². The SMILES string of the molecule is O=C(CC1CCCN1)Nc1ccc2nc(Cc3ccccc3F)[nH]c2c1. The van der Waals surface area contributed by atoms with Gasteiger partial charge in [-0.1, -0.05) is 18.2 Å². The summed E-state index contributed by atoms with van der Waals surface area (Å²) in [5.74, 6) is 0.472. The molecule has 4 rings (SSSR count). The minimum atomic E-state index is -0.235. The van der Waals surface area contributed by atoms with Crippen molar-refractivity contribution in [3.8, 4) is 0 Å². The Balaban J connectivity index is 1.47. The van der Waals surface area contributed by atoms with Gasteiger partial charge in [-0.2, -0.15) is 0 Å². The van der Waals surface area contributed by atoms with Gasteiger partial charge in [0.25, 0.3) is 0 Å². The average molecular weight is 352 g/mol. The molecule has 3 aromatic rings. The van der Waals surface area contributed by atoms with Crippen LogP contribution in [0, 0.1) is 5.82 Å². The molecule has 1 saturated heterocycles. The standard InChI is InChI=1S/C20H21FN4O/c21-16-6-2-1-4-13(16)10-19-24-17-8-7-15(11-18(17)25-19)23-20(26)12-14-5-3-9-22-14/h1-2,4,6-8,11,14,22H,3,5,9-10,12H2,(H,23,26)(H,24,25). The van der Waals surface area contributed by atoms with Crippen LogP contribution in [-0.4, -0.2) is 28.5 Å². The number of carbonyl (C=O) groups is 1. The molecule has 3 N–H and O–H groups in total. The molecular formula is C20H21FN4O. The quantitative estimate of drug-likeness (QED) is 0.659. The lowest BCUT2D eigenvalue weighted by atomic mass is 10.1. The summed E-state index contributed by atoms with van der Waals surface area (Å²) in [6, 6.07) is 12.5. The van der Waals surface area contributed by atoms with E-state index >= 15 is 0 Å². The van der Waals surface area contributed by atoms with Crippen molar-refractivity contribution in [3.63, 3.8) is 0 Å². The van der Waals surface area contributed by atoms with Gasteiger partial charge in [-0.05, 0) is 49.2 Å². The smallest absolute Gasteiger partial charge is 0.225 e. The molecule has 0 aliphatic carbocycles. The van der Waals surface area contributed by atoms with Crippen LogP contribution in [0.5, 0.6) is 0 Å². The Morgan fingerprint density at radius 1 is 1.27 bits per heavy atom. The van der Waals surface area contributed by atoms with Crippen molar-refractivity contribution in [2.45, 2.75) is 31.7 Å². The number of hydrogen-bond acceptors (Lipinski definition) is 3. The molecule has 0 saturated carbocycles. The second kappa shape index (κ2) is 7.25. The Morgan fingerprint density at radius 2 is 2.15 bits per heavy atom. The van der Waals surface area contributed by atoms with E-state index in [0.29, 0.717) is 24.2 Å². The summed E-state index contributed by atoms with van der Waals surface area (Å²) in [5, 5.41) is 6.27. The summed E-state index contributed by atoms with van der Waals surface area (Å²) in [5.41, 5.74) is 2.96. The van der Waals surface area contributed by atoms with E-state index in [2.05, 4.69) is 20.6 Å². The van der Waals surface area contributed by atoms with E-state index < -0.39 is 0 Å². The number of amides is 1. The normalized spacial score (nSPS) is 16.9. The Kier molecular flexibility index (Phi) is 4.67. The van der Waals surface area contributed by atoms with Crippen LogP contribution >= 0.6 is 0 Å². The Bertz CT molecular complexity index is 930. The number of nitrogens with zero attached hydrogens (tertiary/aromatic N) is 1. The monoisotopic (exact) mass is 352 g/mol. The zero-order chi connectivity index (χ0) is 17.9. The van der Waals surface area contributed by atoms with Crippen LogP contribution in [0.2, 0.25) is 0 Å². The number of fused-ring (bicyclic) bond motifs is 1. The predicted octanol–water partition coefficient (Wildman–Crippen LogP) is 3.37. The van der Waals surface area contributed by atoms with Gasteiger partial charge in [0, 0.05) is 24.6 Å². The second-order valence-electron chi connectivity index (χ2n) is 6.73. The van der Waals surface area contributed by atoms with Gasteiger partial charge in [-0.25, -0.2) is 9.37 Å². The Labute approximate surface area is 151 Å². The molecular weight excluding hydrogens is 331 g/mol. The molecule has 2 aromatic carbocycles. The van der Waals surface area contributed by atoms with Crippen molar-refractivity contribution in [1.82, 2.24) is 15.3 Å². The van der Waals surface area contributed by atoms with Crippen molar-refractivity contribution in [1.29, 1.82) is 0 Å². The first-order chi connectivity index (χ1) is 12.7. The van der Waals surface area contributed by atoms with Crippen molar-refractivity contribution in [2.24, 2.45) is 0 Å². The lowest BCUT2D eigenvalue weighted by Gasteiger charge is -2.10. The number of hydrogen-bond donors (Lipinski definition) is 3.